The predicted octanol–water partition coefficient (Wildman–Crippen LogP) is 2.10. The lowest BCUT2D eigenvalue weighted by molar-refractivity contribution is 0.624. The minimum absolute atomic E-state index is 0.0522. The van der Waals surface area contributed by atoms with E-state index in [4.69, 9.17) is 5.26 Å². The minimum Gasteiger partial charge on any atom is -0.275 e. The maximum absolute atomic E-state index is 13.0. The molecule has 0 atom stereocenters. The van der Waals surface area contributed by atoms with E-state index >= 15 is 0 Å². The summed E-state index contributed by atoms with van der Waals surface area (Å²) in [5, 5.41) is 12.7. The summed E-state index contributed by atoms with van der Waals surface area (Å²) in [6, 6.07) is 6.25. The highest BCUT2D eigenvalue weighted by Crippen LogP contribution is 2.20. The molecule has 1 aromatic heterocycles. The van der Waals surface area contributed by atoms with Crippen molar-refractivity contribution < 1.29 is 4.39 Å². The molecule has 4 heteroatoms. The highest BCUT2D eigenvalue weighted by atomic mass is 19.1. The van der Waals surface area contributed by atoms with Gasteiger partial charge in [0.05, 0.1) is 11.8 Å². The van der Waals surface area contributed by atoms with Crippen molar-refractivity contribution in [1.29, 1.82) is 5.26 Å². The van der Waals surface area contributed by atoms with Crippen LogP contribution in [0.25, 0.3) is 11.1 Å². The summed E-state index contributed by atoms with van der Waals surface area (Å²) in [6.07, 6.45) is 3.49. The highest BCUT2D eigenvalue weighted by molar-refractivity contribution is 5.63. The third-order valence-electron chi connectivity index (χ3n) is 2.13. The number of rotatable bonds is 1. The Morgan fingerprint density at radius 1 is 1.40 bits per heavy atom. The van der Waals surface area contributed by atoms with Crippen molar-refractivity contribution in [2.45, 2.75) is 0 Å². The maximum Gasteiger partial charge on any atom is 0.140 e. The molecule has 0 unspecified atom stereocenters. The van der Waals surface area contributed by atoms with Gasteiger partial charge in [-0.15, -0.1) is 0 Å². The molecule has 15 heavy (non-hydrogen) atoms. The molecule has 0 fully saturated rings. The fourth-order valence-corrected chi connectivity index (χ4v) is 1.36. The van der Waals surface area contributed by atoms with Crippen LogP contribution in [0.2, 0.25) is 0 Å². The molecule has 3 nitrogen and oxygen atoms in total. The third kappa shape index (κ3) is 1.72. The van der Waals surface area contributed by atoms with E-state index in [0.717, 1.165) is 11.1 Å². The van der Waals surface area contributed by atoms with E-state index < -0.39 is 5.82 Å². The number of hydrogen-bond donors (Lipinski definition) is 0. The molecule has 1 heterocycles. The summed E-state index contributed by atoms with van der Waals surface area (Å²) >= 11 is 0. The van der Waals surface area contributed by atoms with Crippen LogP contribution in [-0.2, 0) is 7.05 Å². The van der Waals surface area contributed by atoms with Crippen molar-refractivity contribution >= 4 is 0 Å². The number of aryl methyl sites for hydroxylation is 1. The summed E-state index contributed by atoms with van der Waals surface area (Å²) in [5.41, 5.74) is 1.71. The first-order chi connectivity index (χ1) is 7.20. The summed E-state index contributed by atoms with van der Waals surface area (Å²) in [5.74, 6) is -0.495. The quantitative estimate of drug-likeness (QED) is 0.709. The van der Waals surface area contributed by atoms with Crippen molar-refractivity contribution in [2.75, 3.05) is 0 Å². The zero-order valence-electron chi connectivity index (χ0n) is 8.11. The second kappa shape index (κ2) is 3.54. The fraction of sp³-hybridized carbons (Fsp3) is 0.0909. The molecular formula is C11H8FN3. The fourth-order valence-electron chi connectivity index (χ4n) is 1.36. The Labute approximate surface area is 86.4 Å². The van der Waals surface area contributed by atoms with E-state index in [9.17, 15) is 4.39 Å². The van der Waals surface area contributed by atoms with Crippen LogP contribution in [0.5, 0.6) is 0 Å². The monoisotopic (exact) mass is 201 g/mol. The van der Waals surface area contributed by atoms with Gasteiger partial charge in [-0.1, -0.05) is 6.07 Å². The number of halogens is 1. The lowest BCUT2D eigenvalue weighted by Crippen LogP contribution is -1.85. The van der Waals surface area contributed by atoms with Crippen LogP contribution in [0.1, 0.15) is 5.56 Å². The van der Waals surface area contributed by atoms with Crippen molar-refractivity contribution in [2.24, 2.45) is 7.05 Å². The molecule has 0 saturated heterocycles. The standard InChI is InChI=1S/C11H8FN3/c1-15-7-10(6-14-15)8-2-3-11(12)9(4-8)5-13/h2-4,6-7H,1H3. The zero-order valence-corrected chi connectivity index (χ0v) is 8.11. The van der Waals surface area contributed by atoms with E-state index in [1.54, 1.807) is 24.0 Å². The molecule has 0 radical (unpaired) electrons. The molecule has 0 N–H and O–H groups in total. The Hall–Kier alpha value is -2.15. The van der Waals surface area contributed by atoms with Gasteiger partial charge >= 0.3 is 0 Å². The zero-order chi connectivity index (χ0) is 10.8. The average Bonchev–Trinajstić information content (AvgIpc) is 2.66. The molecule has 1 aromatic carbocycles. The Kier molecular flexibility index (Phi) is 2.22. The van der Waals surface area contributed by atoms with Gasteiger partial charge in [0.15, 0.2) is 0 Å². The number of benzene rings is 1. The third-order valence-corrected chi connectivity index (χ3v) is 2.13. The van der Waals surface area contributed by atoms with Crippen molar-refractivity contribution in [3.63, 3.8) is 0 Å². The minimum atomic E-state index is -0.495. The van der Waals surface area contributed by atoms with E-state index in [2.05, 4.69) is 5.10 Å². The molecule has 0 saturated carbocycles. The maximum atomic E-state index is 13.0. The van der Waals surface area contributed by atoms with Gasteiger partial charge in [-0.05, 0) is 17.7 Å². The van der Waals surface area contributed by atoms with Crippen LogP contribution in [0, 0.1) is 17.1 Å². The van der Waals surface area contributed by atoms with Gasteiger partial charge in [-0.3, -0.25) is 4.68 Å². The SMILES string of the molecule is Cn1cc(-c2ccc(F)c(C#N)c2)cn1. The van der Waals surface area contributed by atoms with Crippen LogP contribution in [0.3, 0.4) is 0 Å². The number of nitriles is 1. The predicted molar refractivity (Wildman–Crippen MR) is 53.3 cm³/mol. The largest absolute Gasteiger partial charge is 0.275 e. The molecule has 0 aliphatic carbocycles. The Bertz CT molecular complexity index is 537. The van der Waals surface area contributed by atoms with Gasteiger partial charge in [-0.25, -0.2) is 4.39 Å². The van der Waals surface area contributed by atoms with Gasteiger partial charge in [0.25, 0.3) is 0 Å². The molecule has 0 aliphatic rings. The topological polar surface area (TPSA) is 41.6 Å². The van der Waals surface area contributed by atoms with Crippen LogP contribution in [0.4, 0.5) is 4.39 Å². The molecule has 0 bridgehead atoms. The van der Waals surface area contributed by atoms with Crippen LogP contribution in [0.15, 0.2) is 30.6 Å². The normalized spacial score (nSPS) is 9.93. The Morgan fingerprint density at radius 2 is 2.20 bits per heavy atom. The van der Waals surface area contributed by atoms with Gasteiger partial charge in [0.1, 0.15) is 11.9 Å². The second-order valence-electron chi connectivity index (χ2n) is 3.21. The lowest BCUT2D eigenvalue weighted by atomic mass is 10.1. The number of nitrogens with zero attached hydrogens (tertiary/aromatic N) is 3. The van der Waals surface area contributed by atoms with E-state index in [1.807, 2.05) is 12.3 Å². The molecule has 0 spiro atoms. The van der Waals surface area contributed by atoms with Crippen LogP contribution in [-0.4, -0.2) is 9.78 Å². The van der Waals surface area contributed by atoms with Crippen molar-refractivity contribution in [3.8, 4) is 17.2 Å². The summed E-state index contributed by atoms with van der Waals surface area (Å²) in [6.45, 7) is 0. The first-order valence-electron chi connectivity index (χ1n) is 4.39. The second-order valence-corrected chi connectivity index (χ2v) is 3.21. The Morgan fingerprint density at radius 3 is 2.80 bits per heavy atom. The van der Waals surface area contributed by atoms with Crippen molar-refractivity contribution in [3.05, 3.63) is 42.0 Å². The first-order valence-corrected chi connectivity index (χ1v) is 4.39. The van der Waals surface area contributed by atoms with Gasteiger partial charge in [0, 0.05) is 18.8 Å². The van der Waals surface area contributed by atoms with Gasteiger partial charge < -0.3 is 0 Å². The smallest absolute Gasteiger partial charge is 0.140 e. The highest BCUT2D eigenvalue weighted by Gasteiger charge is 2.05. The van der Waals surface area contributed by atoms with E-state index in [-0.39, 0.29) is 5.56 Å². The van der Waals surface area contributed by atoms with Gasteiger partial charge in [0.2, 0.25) is 0 Å². The summed E-state index contributed by atoms with van der Waals surface area (Å²) in [7, 11) is 1.80. The summed E-state index contributed by atoms with van der Waals surface area (Å²) in [4.78, 5) is 0. The van der Waals surface area contributed by atoms with Crippen molar-refractivity contribution in [1.82, 2.24) is 9.78 Å². The first kappa shape index (κ1) is 9.41. The molecule has 0 aliphatic heterocycles. The lowest BCUT2D eigenvalue weighted by Gasteiger charge is -1.98. The summed E-state index contributed by atoms with van der Waals surface area (Å²) < 4.78 is 14.7. The van der Waals surface area contributed by atoms with E-state index in [1.165, 1.54) is 12.1 Å². The molecule has 2 aromatic rings. The van der Waals surface area contributed by atoms with Crippen LogP contribution >= 0.6 is 0 Å². The molecule has 0 amide bonds. The van der Waals surface area contributed by atoms with Crippen LogP contribution < -0.4 is 0 Å². The molecule has 2 rings (SSSR count). The average molecular weight is 201 g/mol. The van der Waals surface area contributed by atoms with Gasteiger partial charge in [-0.2, -0.15) is 10.4 Å². The number of aromatic nitrogens is 2. The Balaban J connectivity index is 2.51. The van der Waals surface area contributed by atoms with E-state index in [0.29, 0.717) is 0 Å². The number of hydrogen-bond acceptors (Lipinski definition) is 2. The molecule has 74 valence electrons. The molecular weight excluding hydrogens is 193 g/mol.